The highest BCUT2D eigenvalue weighted by molar-refractivity contribution is 7.47. The van der Waals surface area contributed by atoms with Gasteiger partial charge in [0.25, 0.3) is 0 Å². The maximum Gasteiger partial charge on any atom is 0.472 e. The Morgan fingerprint density at radius 3 is 1.42 bits per heavy atom. The summed E-state index contributed by atoms with van der Waals surface area (Å²) in [6.07, 6.45) is 72.3. The van der Waals surface area contributed by atoms with Crippen LogP contribution in [0.25, 0.3) is 0 Å². The highest BCUT2D eigenvalue weighted by Gasteiger charge is 2.30. The number of esters is 1. The Morgan fingerprint density at radius 1 is 0.500 bits per heavy atom. The summed E-state index contributed by atoms with van der Waals surface area (Å²) in [7, 11) is 1.45. The minimum Gasteiger partial charge on any atom is -0.456 e. The lowest BCUT2D eigenvalue weighted by Crippen LogP contribution is -2.47. The quantitative estimate of drug-likeness (QED) is 0.0156. The molecule has 3 atom stereocenters. The first-order valence-corrected chi connectivity index (χ1v) is 31.2. The second kappa shape index (κ2) is 53.1. The molecule has 0 aliphatic carbocycles. The summed E-state index contributed by atoms with van der Waals surface area (Å²) in [6, 6.07) is -0.879. The van der Waals surface area contributed by atoms with Gasteiger partial charge >= 0.3 is 13.8 Å². The van der Waals surface area contributed by atoms with Gasteiger partial charge in [0.2, 0.25) is 5.91 Å². The number of hydrogen-bond donors (Lipinski definition) is 2. The van der Waals surface area contributed by atoms with Gasteiger partial charge < -0.3 is 19.4 Å². The van der Waals surface area contributed by atoms with E-state index >= 15 is 0 Å². The molecule has 9 nitrogen and oxygen atoms in total. The second-order valence-electron chi connectivity index (χ2n) is 20.8. The zero-order valence-corrected chi connectivity index (χ0v) is 49.2. The van der Waals surface area contributed by atoms with Crippen LogP contribution in [0.1, 0.15) is 233 Å². The third kappa shape index (κ3) is 53.5. The highest BCUT2D eigenvalue weighted by atomic mass is 31.2. The molecule has 1 amide bonds. The van der Waals surface area contributed by atoms with Gasteiger partial charge in [-0.25, -0.2) is 4.57 Å². The third-order valence-electron chi connectivity index (χ3n) is 12.5. The first-order valence-electron chi connectivity index (χ1n) is 29.7. The van der Waals surface area contributed by atoms with Crippen molar-refractivity contribution in [3.63, 3.8) is 0 Å². The van der Waals surface area contributed by atoms with Gasteiger partial charge in [0.15, 0.2) is 0 Å². The number of hydrogen-bond acceptors (Lipinski definition) is 6. The fourth-order valence-corrected chi connectivity index (χ4v) is 8.61. The number of phosphoric acid groups is 1. The summed E-state index contributed by atoms with van der Waals surface area (Å²) in [5.74, 6) is -0.577. The molecule has 0 rings (SSSR count). The molecule has 3 unspecified atom stereocenters. The van der Waals surface area contributed by atoms with E-state index in [1.54, 1.807) is 0 Å². The van der Waals surface area contributed by atoms with Crippen molar-refractivity contribution in [1.29, 1.82) is 0 Å². The van der Waals surface area contributed by atoms with E-state index in [4.69, 9.17) is 13.8 Å². The van der Waals surface area contributed by atoms with Gasteiger partial charge in [-0.1, -0.05) is 220 Å². The fraction of sp³-hybridized carbons (Fsp3) is 0.688. The molecule has 424 valence electrons. The van der Waals surface area contributed by atoms with Crippen LogP contribution in [0.4, 0.5) is 0 Å². The zero-order chi connectivity index (χ0) is 54.3. The minimum atomic E-state index is -4.47. The Labute approximate surface area is 455 Å². The molecule has 0 aromatic heterocycles. The Morgan fingerprint density at radius 2 is 0.905 bits per heavy atom. The van der Waals surface area contributed by atoms with Crippen LogP contribution >= 0.6 is 7.82 Å². The molecule has 0 heterocycles. The van der Waals surface area contributed by atoms with Crippen LogP contribution in [-0.2, 0) is 27.9 Å². The van der Waals surface area contributed by atoms with Crippen LogP contribution in [0, 0.1) is 0 Å². The zero-order valence-electron chi connectivity index (χ0n) is 48.3. The summed E-state index contributed by atoms with van der Waals surface area (Å²) < 4.78 is 30.6. The molecule has 0 bridgehead atoms. The van der Waals surface area contributed by atoms with Crippen molar-refractivity contribution in [3.05, 3.63) is 109 Å². The molecule has 0 saturated carbocycles. The number of nitrogens with zero attached hydrogens (tertiary/aromatic N) is 1. The first kappa shape index (κ1) is 70.7. The lowest BCUT2D eigenvalue weighted by Gasteiger charge is -2.27. The lowest BCUT2D eigenvalue weighted by molar-refractivity contribution is -0.870. The van der Waals surface area contributed by atoms with E-state index in [2.05, 4.69) is 123 Å². The first-order chi connectivity index (χ1) is 35.9. The molecule has 10 heteroatoms. The van der Waals surface area contributed by atoms with E-state index in [0.29, 0.717) is 23.9 Å². The molecule has 0 aromatic carbocycles. The van der Waals surface area contributed by atoms with Crippen molar-refractivity contribution in [1.82, 2.24) is 5.32 Å². The number of carbonyl (C=O) groups excluding carboxylic acids is 2. The van der Waals surface area contributed by atoms with Crippen molar-refractivity contribution in [2.24, 2.45) is 0 Å². The van der Waals surface area contributed by atoms with Crippen LogP contribution < -0.4 is 5.32 Å². The number of ether oxygens (including phenoxy) is 1. The van der Waals surface area contributed by atoms with Gasteiger partial charge in [0, 0.05) is 12.8 Å². The molecule has 0 aliphatic rings. The van der Waals surface area contributed by atoms with E-state index < -0.39 is 20.0 Å². The normalized spacial score (nSPS) is 14.5. The third-order valence-corrected chi connectivity index (χ3v) is 13.5. The summed E-state index contributed by atoms with van der Waals surface area (Å²) in [4.78, 5) is 37.6. The highest BCUT2D eigenvalue weighted by Crippen LogP contribution is 2.43. The van der Waals surface area contributed by atoms with Crippen LogP contribution in [-0.4, -0.2) is 74.3 Å². The van der Waals surface area contributed by atoms with Crippen LogP contribution in [0.5, 0.6) is 0 Å². The van der Waals surface area contributed by atoms with E-state index in [9.17, 15) is 19.0 Å². The SMILES string of the molecule is CC/C=C\C/C=C\C/C=C\C/C=C\C/C=C\C/C=C\CCCCC(=O)OC(/C=C\CCCCCCCCCCCC)C(COP(=O)(O)OCC[N+](C)(C)C)NC(=O)CCCCCCCC/C=C/C=C/CCCCC. The molecular formula is C64H112N2O7P+. The topological polar surface area (TPSA) is 111 Å². The lowest BCUT2D eigenvalue weighted by atomic mass is 10.0. The van der Waals surface area contributed by atoms with Crippen LogP contribution in [0.3, 0.4) is 0 Å². The number of phosphoric ester groups is 1. The monoisotopic (exact) mass is 1050 g/mol. The number of amides is 1. The van der Waals surface area contributed by atoms with Gasteiger partial charge in [-0.3, -0.25) is 18.6 Å². The van der Waals surface area contributed by atoms with E-state index in [0.717, 1.165) is 122 Å². The van der Waals surface area contributed by atoms with Gasteiger partial charge in [-0.15, -0.1) is 0 Å². The number of likely N-dealkylation sites (N-methyl/N-ethyl adjacent to an activating group) is 1. The number of unbranched alkanes of at least 4 members (excludes halogenated alkanes) is 21. The Bertz CT molecular complexity index is 1640. The van der Waals surface area contributed by atoms with Crippen molar-refractivity contribution >= 4 is 19.7 Å². The molecule has 0 aromatic rings. The van der Waals surface area contributed by atoms with Crippen molar-refractivity contribution in [2.75, 3.05) is 40.9 Å². The number of quaternary nitrogens is 1. The fourth-order valence-electron chi connectivity index (χ4n) is 7.87. The maximum absolute atomic E-state index is 13.5. The Hall–Kier alpha value is -3.33. The molecule has 0 spiro atoms. The molecule has 0 fully saturated rings. The Kier molecular flexibility index (Phi) is 50.7. The molecule has 2 N–H and O–H groups in total. The van der Waals surface area contributed by atoms with Crippen molar-refractivity contribution in [3.8, 4) is 0 Å². The van der Waals surface area contributed by atoms with E-state index in [1.807, 2.05) is 33.3 Å². The predicted octanol–water partition coefficient (Wildman–Crippen LogP) is 18.2. The maximum atomic E-state index is 13.5. The number of nitrogens with one attached hydrogen (secondary N) is 1. The molecule has 0 radical (unpaired) electrons. The average Bonchev–Trinajstić information content (AvgIpc) is 3.36. The van der Waals surface area contributed by atoms with Gasteiger partial charge in [-0.05, 0) is 109 Å². The minimum absolute atomic E-state index is 0.0251. The van der Waals surface area contributed by atoms with Crippen molar-refractivity contribution < 1.29 is 37.3 Å². The number of rotatable bonds is 52. The van der Waals surface area contributed by atoms with Gasteiger partial charge in [0.1, 0.15) is 19.3 Å². The largest absolute Gasteiger partial charge is 0.472 e. The number of allylic oxidation sites excluding steroid dienone is 17. The van der Waals surface area contributed by atoms with Gasteiger partial charge in [0.05, 0.1) is 33.8 Å². The standard InChI is InChI=1S/C64H111N2O7P/c1-7-10-13-16-19-22-25-28-30-31-32-33-34-35-37-39-42-45-48-51-54-57-64(68)73-62(55-52-49-46-43-40-27-24-21-18-15-12-9-3)61(60-72-74(69,70)71-59-58-66(4,5)6)65-63(67)56-53-50-47-44-41-38-36-29-26-23-20-17-14-11-8-2/h10,13,19-20,22-23,26,28-30,32-33,35,37,42,45,52,55,61-62H,7-9,11-12,14-18,21,24-25,27,31,34,36,38-41,43-44,46-51,53-54,56-60H2,1-6H3,(H-,65,67,69,70)/p+1/b13-10-,22-19-,23-20+,29-26+,30-28-,33-32-,37-35-,45-42-,55-52-. The van der Waals surface area contributed by atoms with E-state index in [1.165, 1.54) is 70.6 Å². The average molecular weight is 1050 g/mol. The molecule has 0 aliphatic heterocycles. The van der Waals surface area contributed by atoms with E-state index in [-0.39, 0.29) is 31.5 Å². The molecular weight excluding hydrogens is 940 g/mol. The smallest absolute Gasteiger partial charge is 0.456 e. The molecule has 0 saturated heterocycles. The molecule has 74 heavy (non-hydrogen) atoms. The van der Waals surface area contributed by atoms with Crippen LogP contribution in [0.2, 0.25) is 0 Å². The second-order valence-corrected chi connectivity index (χ2v) is 22.3. The Balaban J connectivity index is 5.41. The summed E-state index contributed by atoms with van der Waals surface area (Å²) >= 11 is 0. The predicted molar refractivity (Wildman–Crippen MR) is 318 cm³/mol. The van der Waals surface area contributed by atoms with Gasteiger partial charge in [-0.2, -0.15) is 0 Å². The summed E-state index contributed by atoms with van der Waals surface area (Å²) in [6.45, 7) is 6.81. The summed E-state index contributed by atoms with van der Waals surface area (Å²) in [5, 5.41) is 3.03. The van der Waals surface area contributed by atoms with Crippen molar-refractivity contribution in [2.45, 2.75) is 245 Å². The number of carbonyl (C=O) groups is 2. The van der Waals surface area contributed by atoms with Crippen LogP contribution in [0.15, 0.2) is 109 Å². The summed E-state index contributed by atoms with van der Waals surface area (Å²) in [5.41, 5.74) is 0.